The molecule has 0 bridgehead atoms. The van der Waals surface area contributed by atoms with Crippen molar-refractivity contribution in [2.45, 2.75) is 89.9 Å². The molecule has 0 saturated heterocycles. The van der Waals surface area contributed by atoms with E-state index in [1.54, 1.807) is 6.07 Å². The molecule has 0 amide bonds. The molecule has 0 aromatic carbocycles. The van der Waals surface area contributed by atoms with Crippen molar-refractivity contribution >= 4 is 5.78 Å². The molecule has 0 aliphatic heterocycles. The predicted molar refractivity (Wildman–Crippen MR) is 95.6 cm³/mol. The van der Waals surface area contributed by atoms with Gasteiger partial charge in [-0.3, -0.25) is 4.79 Å². The van der Waals surface area contributed by atoms with Gasteiger partial charge in [-0.25, -0.2) is 4.98 Å². The SMILES string of the molecule is CCCCCCC(C)(C)c1cc(O)c(C2CCCC(=O)C2)c(O)n1. The summed E-state index contributed by atoms with van der Waals surface area (Å²) in [4.78, 5) is 16.1. The number of aromatic nitrogens is 1. The van der Waals surface area contributed by atoms with Crippen LogP contribution in [0.4, 0.5) is 0 Å². The van der Waals surface area contributed by atoms with Crippen LogP contribution in [0.2, 0.25) is 0 Å². The first-order valence-corrected chi connectivity index (χ1v) is 9.30. The number of unbranched alkanes of at least 4 members (excludes halogenated alkanes) is 3. The minimum Gasteiger partial charge on any atom is -0.507 e. The van der Waals surface area contributed by atoms with Crippen LogP contribution < -0.4 is 0 Å². The van der Waals surface area contributed by atoms with E-state index in [9.17, 15) is 15.0 Å². The Bertz CT molecular complexity index is 557. The zero-order valence-electron chi connectivity index (χ0n) is 15.3. The molecule has 1 fully saturated rings. The van der Waals surface area contributed by atoms with Gasteiger partial charge in [0.15, 0.2) is 0 Å². The van der Waals surface area contributed by atoms with Crippen LogP contribution in [0.25, 0.3) is 0 Å². The molecule has 0 radical (unpaired) electrons. The number of Topliss-reactive ketones (excluding diaryl/α,β-unsaturated/α-hetero) is 1. The van der Waals surface area contributed by atoms with Crippen molar-refractivity contribution in [3.63, 3.8) is 0 Å². The maximum absolute atomic E-state index is 11.7. The predicted octanol–water partition coefficient (Wildman–Crippen LogP) is 4.97. The Kier molecular flexibility index (Phi) is 6.25. The van der Waals surface area contributed by atoms with Crippen LogP contribution >= 0.6 is 0 Å². The maximum atomic E-state index is 11.7. The molecule has 134 valence electrons. The lowest BCUT2D eigenvalue weighted by Crippen LogP contribution is -2.20. The summed E-state index contributed by atoms with van der Waals surface area (Å²) in [6.07, 6.45) is 8.34. The molecule has 4 heteroatoms. The molecule has 1 aromatic rings. The van der Waals surface area contributed by atoms with Crippen LogP contribution in [-0.2, 0) is 10.2 Å². The van der Waals surface area contributed by atoms with E-state index in [0.717, 1.165) is 31.4 Å². The average molecular weight is 333 g/mol. The molecular weight excluding hydrogens is 302 g/mol. The van der Waals surface area contributed by atoms with E-state index in [0.29, 0.717) is 18.4 Å². The Morgan fingerprint density at radius 1 is 1.25 bits per heavy atom. The Hall–Kier alpha value is -1.58. The van der Waals surface area contributed by atoms with Crippen LogP contribution in [-0.4, -0.2) is 21.0 Å². The van der Waals surface area contributed by atoms with Crippen molar-refractivity contribution in [2.75, 3.05) is 0 Å². The second-order valence-corrected chi connectivity index (χ2v) is 7.79. The number of hydrogen-bond acceptors (Lipinski definition) is 4. The fourth-order valence-electron chi connectivity index (χ4n) is 3.66. The van der Waals surface area contributed by atoms with E-state index in [1.807, 2.05) is 0 Å². The van der Waals surface area contributed by atoms with E-state index < -0.39 is 0 Å². The fraction of sp³-hybridized carbons (Fsp3) is 0.700. The summed E-state index contributed by atoms with van der Waals surface area (Å²) in [5.41, 5.74) is 0.984. The van der Waals surface area contributed by atoms with Gasteiger partial charge in [-0.1, -0.05) is 46.5 Å². The molecule has 4 nitrogen and oxygen atoms in total. The summed E-state index contributed by atoms with van der Waals surface area (Å²) in [7, 11) is 0. The smallest absolute Gasteiger partial charge is 0.218 e. The van der Waals surface area contributed by atoms with Crippen molar-refractivity contribution < 1.29 is 15.0 Å². The summed E-state index contributed by atoms with van der Waals surface area (Å²) in [5, 5.41) is 20.9. The van der Waals surface area contributed by atoms with Crippen molar-refractivity contribution in [2.24, 2.45) is 0 Å². The van der Waals surface area contributed by atoms with Gasteiger partial charge in [-0.2, -0.15) is 0 Å². The highest BCUT2D eigenvalue weighted by Gasteiger charge is 2.30. The molecule has 1 heterocycles. The second kappa shape index (κ2) is 8.00. The highest BCUT2D eigenvalue weighted by Crippen LogP contribution is 2.42. The molecule has 1 saturated carbocycles. The number of nitrogens with zero attached hydrogens (tertiary/aromatic N) is 1. The maximum Gasteiger partial charge on any atom is 0.218 e. The number of aromatic hydroxyl groups is 2. The lowest BCUT2D eigenvalue weighted by Gasteiger charge is -2.27. The molecular formula is C20H31NO3. The van der Waals surface area contributed by atoms with Gasteiger partial charge in [0.2, 0.25) is 5.88 Å². The molecule has 1 aliphatic carbocycles. The summed E-state index contributed by atoms with van der Waals surface area (Å²) in [6.45, 7) is 6.39. The first-order valence-electron chi connectivity index (χ1n) is 9.30. The van der Waals surface area contributed by atoms with Gasteiger partial charge < -0.3 is 10.2 Å². The first-order chi connectivity index (χ1) is 11.3. The van der Waals surface area contributed by atoms with Crippen molar-refractivity contribution in [3.05, 3.63) is 17.3 Å². The molecule has 1 unspecified atom stereocenters. The fourth-order valence-corrected chi connectivity index (χ4v) is 3.66. The van der Waals surface area contributed by atoms with E-state index in [-0.39, 0.29) is 28.7 Å². The number of pyridine rings is 1. The number of carbonyl (C=O) groups is 1. The summed E-state index contributed by atoms with van der Waals surface area (Å²) in [5.74, 6) is 0.0658. The quantitative estimate of drug-likeness (QED) is 0.691. The number of hydrogen-bond donors (Lipinski definition) is 2. The van der Waals surface area contributed by atoms with Gasteiger partial charge in [-0.15, -0.1) is 0 Å². The normalized spacial score (nSPS) is 18.8. The number of ketones is 1. The molecule has 1 aromatic heterocycles. The Morgan fingerprint density at radius 2 is 2.00 bits per heavy atom. The van der Waals surface area contributed by atoms with Gasteiger partial charge in [0.25, 0.3) is 0 Å². The zero-order valence-corrected chi connectivity index (χ0v) is 15.3. The number of rotatable bonds is 7. The van der Waals surface area contributed by atoms with Gasteiger partial charge >= 0.3 is 0 Å². The van der Waals surface area contributed by atoms with Crippen LogP contribution in [0, 0.1) is 0 Å². The van der Waals surface area contributed by atoms with Crippen LogP contribution in [0.15, 0.2) is 6.07 Å². The monoisotopic (exact) mass is 333 g/mol. The largest absolute Gasteiger partial charge is 0.507 e. The lowest BCUT2D eigenvalue weighted by atomic mass is 9.80. The van der Waals surface area contributed by atoms with Crippen molar-refractivity contribution in [1.29, 1.82) is 0 Å². The Balaban J connectivity index is 2.17. The third-order valence-electron chi connectivity index (χ3n) is 5.26. The molecule has 2 N–H and O–H groups in total. The van der Waals surface area contributed by atoms with E-state index in [1.165, 1.54) is 19.3 Å². The molecule has 2 rings (SSSR count). The second-order valence-electron chi connectivity index (χ2n) is 7.79. The first kappa shape index (κ1) is 18.8. The van der Waals surface area contributed by atoms with E-state index in [4.69, 9.17) is 0 Å². The minimum absolute atomic E-state index is 0.0823. The molecule has 1 atom stereocenters. The summed E-state index contributed by atoms with van der Waals surface area (Å²) in [6, 6.07) is 1.69. The van der Waals surface area contributed by atoms with Crippen LogP contribution in [0.1, 0.15) is 95.7 Å². The third-order valence-corrected chi connectivity index (χ3v) is 5.26. The lowest BCUT2D eigenvalue weighted by molar-refractivity contribution is -0.120. The minimum atomic E-state index is -0.191. The van der Waals surface area contributed by atoms with Crippen molar-refractivity contribution in [1.82, 2.24) is 4.98 Å². The van der Waals surface area contributed by atoms with Gasteiger partial charge in [-0.05, 0) is 25.2 Å². The molecule has 0 spiro atoms. The summed E-state index contributed by atoms with van der Waals surface area (Å²) >= 11 is 0. The van der Waals surface area contributed by atoms with E-state index in [2.05, 4.69) is 25.8 Å². The van der Waals surface area contributed by atoms with Crippen LogP contribution in [0.5, 0.6) is 11.6 Å². The standard InChI is InChI=1S/C20H31NO3/c1-4-5-6-7-11-20(2,3)17-13-16(23)18(19(24)21-17)14-9-8-10-15(22)12-14/h13-14H,4-12H2,1-3H3,(H2,21,23,24). The Labute approximate surface area is 145 Å². The Morgan fingerprint density at radius 3 is 2.62 bits per heavy atom. The zero-order chi connectivity index (χ0) is 17.7. The highest BCUT2D eigenvalue weighted by atomic mass is 16.3. The highest BCUT2D eigenvalue weighted by molar-refractivity contribution is 5.80. The van der Waals surface area contributed by atoms with E-state index >= 15 is 0 Å². The van der Waals surface area contributed by atoms with Gasteiger partial charge in [0.1, 0.15) is 11.5 Å². The molecule has 1 aliphatic rings. The average Bonchev–Trinajstić information content (AvgIpc) is 2.51. The van der Waals surface area contributed by atoms with Crippen LogP contribution in [0.3, 0.4) is 0 Å². The van der Waals surface area contributed by atoms with Crippen molar-refractivity contribution in [3.8, 4) is 11.6 Å². The topological polar surface area (TPSA) is 70.4 Å². The van der Waals surface area contributed by atoms with Gasteiger partial charge in [0.05, 0.1) is 11.3 Å². The number of carbonyl (C=O) groups excluding carboxylic acids is 1. The summed E-state index contributed by atoms with van der Waals surface area (Å²) < 4.78 is 0. The van der Waals surface area contributed by atoms with Gasteiger partial charge in [0, 0.05) is 24.3 Å². The molecule has 24 heavy (non-hydrogen) atoms. The third kappa shape index (κ3) is 4.49.